The zero-order valence-electron chi connectivity index (χ0n) is 20.2. The van der Waals surface area contributed by atoms with Crippen molar-refractivity contribution in [2.45, 2.75) is 26.8 Å². The van der Waals surface area contributed by atoms with Gasteiger partial charge in [0.2, 0.25) is 5.91 Å². The van der Waals surface area contributed by atoms with Gasteiger partial charge < -0.3 is 23.7 Å². The number of ether oxygens (including phenoxy) is 2. The molecule has 3 rings (SSSR count). The fraction of sp³-hybridized carbons (Fsp3) is 0.385. The lowest BCUT2D eigenvalue weighted by atomic mass is 10.1. The number of carbonyl (C=O) groups excluding carboxylic acids is 2. The van der Waals surface area contributed by atoms with E-state index in [0.717, 1.165) is 10.4 Å². The summed E-state index contributed by atoms with van der Waals surface area (Å²) in [6, 6.07) is 13.1. The zero-order chi connectivity index (χ0) is 24.5. The SMILES string of the molecule is COc1ccc(CCN(Cc2cccs2)C(=O)CN(CC(C)C)C(=O)c2ccco2)cc1OC. The van der Waals surface area contributed by atoms with Crippen molar-refractivity contribution in [1.29, 1.82) is 0 Å². The average molecular weight is 485 g/mol. The van der Waals surface area contributed by atoms with Gasteiger partial charge in [-0.15, -0.1) is 11.3 Å². The van der Waals surface area contributed by atoms with E-state index in [-0.39, 0.29) is 30.0 Å². The molecule has 0 spiro atoms. The van der Waals surface area contributed by atoms with E-state index in [2.05, 4.69) is 0 Å². The molecule has 0 unspecified atom stereocenters. The van der Waals surface area contributed by atoms with Crippen LogP contribution in [0.1, 0.15) is 34.8 Å². The van der Waals surface area contributed by atoms with E-state index in [9.17, 15) is 9.59 Å². The number of hydrogen-bond acceptors (Lipinski definition) is 6. The minimum atomic E-state index is -0.275. The third-order valence-electron chi connectivity index (χ3n) is 5.33. The Kier molecular flexibility index (Phi) is 9.16. The number of carbonyl (C=O) groups is 2. The van der Waals surface area contributed by atoms with Crippen molar-refractivity contribution in [2.24, 2.45) is 5.92 Å². The molecule has 182 valence electrons. The smallest absolute Gasteiger partial charge is 0.290 e. The molecular weight excluding hydrogens is 452 g/mol. The highest BCUT2D eigenvalue weighted by Crippen LogP contribution is 2.28. The Balaban J connectivity index is 1.75. The van der Waals surface area contributed by atoms with Gasteiger partial charge in [-0.25, -0.2) is 0 Å². The summed E-state index contributed by atoms with van der Waals surface area (Å²) in [4.78, 5) is 30.9. The van der Waals surface area contributed by atoms with E-state index >= 15 is 0 Å². The molecule has 8 heteroatoms. The molecule has 0 aliphatic heterocycles. The number of benzene rings is 1. The van der Waals surface area contributed by atoms with Crippen LogP contribution in [0.25, 0.3) is 0 Å². The number of thiophene rings is 1. The molecule has 0 saturated carbocycles. The van der Waals surface area contributed by atoms with Gasteiger partial charge in [-0.1, -0.05) is 26.0 Å². The molecule has 2 aromatic heterocycles. The Morgan fingerprint density at radius 1 is 1.03 bits per heavy atom. The van der Waals surface area contributed by atoms with Crippen LogP contribution in [0.3, 0.4) is 0 Å². The predicted octanol–water partition coefficient (Wildman–Crippen LogP) is 4.73. The highest BCUT2D eigenvalue weighted by Gasteiger charge is 2.25. The molecule has 0 atom stereocenters. The Morgan fingerprint density at radius 3 is 2.44 bits per heavy atom. The van der Waals surface area contributed by atoms with Gasteiger partial charge in [0.05, 0.1) is 27.0 Å². The van der Waals surface area contributed by atoms with E-state index in [0.29, 0.717) is 37.6 Å². The lowest BCUT2D eigenvalue weighted by Crippen LogP contribution is -2.44. The van der Waals surface area contributed by atoms with Crippen LogP contribution in [0.5, 0.6) is 11.5 Å². The maximum Gasteiger partial charge on any atom is 0.290 e. The lowest BCUT2D eigenvalue weighted by molar-refractivity contribution is -0.132. The Hall–Kier alpha value is -3.26. The lowest BCUT2D eigenvalue weighted by Gasteiger charge is -2.28. The molecule has 34 heavy (non-hydrogen) atoms. The monoisotopic (exact) mass is 484 g/mol. The van der Waals surface area contributed by atoms with E-state index in [1.165, 1.54) is 6.26 Å². The molecule has 0 bridgehead atoms. The van der Waals surface area contributed by atoms with E-state index in [4.69, 9.17) is 13.9 Å². The highest BCUT2D eigenvalue weighted by atomic mass is 32.1. The number of hydrogen-bond donors (Lipinski definition) is 0. The molecule has 0 saturated heterocycles. The van der Waals surface area contributed by atoms with Crippen LogP contribution < -0.4 is 9.47 Å². The molecule has 1 aromatic carbocycles. The number of amides is 2. The molecule has 0 radical (unpaired) electrons. The van der Waals surface area contributed by atoms with Gasteiger partial charge in [-0.05, 0) is 53.6 Å². The first-order valence-electron chi connectivity index (χ1n) is 11.2. The van der Waals surface area contributed by atoms with Crippen molar-refractivity contribution in [3.8, 4) is 11.5 Å². The summed E-state index contributed by atoms with van der Waals surface area (Å²) < 4.78 is 16.0. The van der Waals surface area contributed by atoms with Crippen LogP contribution in [-0.2, 0) is 17.8 Å². The van der Waals surface area contributed by atoms with E-state index in [1.54, 1.807) is 42.6 Å². The molecule has 2 heterocycles. The fourth-order valence-corrected chi connectivity index (χ4v) is 4.38. The Labute approximate surface area is 204 Å². The standard InChI is InChI=1S/C26H32N2O5S/c1-19(2)16-28(26(30)23-8-5-13-33-23)18-25(29)27(17-21-7-6-14-34-21)12-11-20-9-10-22(31-3)24(15-20)32-4/h5-10,13-15,19H,11-12,16-18H2,1-4H3. The van der Waals surface area contributed by atoms with Crippen molar-refractivity contribution < 1.29 is 23.5 Å². The molecule has 0 aliphatic rings. The summed E-state index contributed by atoms with van der Waals surface area (Å²) in [6.07, 6.45) is 2.11. The maximum atomic E-state index is 13.4. The summed E-state index contributed by atoms with van der Waals surface area (Å²) >= 11 is 1.61. The Bertz CT molecular complexity index is 1050. The van der Waals surface area contributed by atoms with Crippen LogP contribution in [0, 0.1) is 5.92 Å². The van der Waals surface area contributed by atoms with Crippen LogP contribution in [-0.4, -0.2) is 55.5 Å². The van der Waals surface area contributed by atoms with Crippen molar-refractivity contribution >= 4 is 23.2 Å². The Morgan fingerprint density at radius 2 is 1.82 bits per heavy atom. The van der Waals surface area contributed by atoms with Gasteiger partial charge in [0.25, 0.3) is 5.91 Å². The molecule has 7 nitrogen and oxygen atoms in total. The van der Waals surface area contributed by atoms with Gasteiger partial charge in [-0.2, -0.15) is 0 Å². The summed E-state index contributed by atoms with van der Waals surface area (Å²) in [5, 5.41) is 2.00. The number of rotatable bonds is 12. The van der Waals surface area contributed by atoms with Crippen LogP contribution in [0.4, 0.5) is 0 Å². The number of nitrogens with zero attached hydrogens (tertiary/aromatic N) is 2. The molecule has 2 amide bonds. The average Bonchev–Trinajstić information content (AvgIpc) is 3.54. The molecular formula is C26H32N2O5S. The quantitative estimate of drug-likeness (QED) is 0.372. The second kappa shape index (κ2) is 12.3. The normalized spacial score (nSPS) is 10.9. The number of methoxy groups -OCH3 is 2. The van der Waals surface area contributed by atoms with Crippen LogP contribution >= 0.6 is 11.3 Å². The first-order valence-corrected chi connectivity index (χ1v) is 12.1. The third kappa shape index (κ3) is 6.87. The third-order valence-corrected chi connectivity index (χ3v) is 6.19. The molecule has 0 fully saturated rings. The van der Waals surface area contributed by atoms with E-state index in [1.807, 2.05) is 54.5 Å². The zero-order valence-corrected chi connectivity index (χ0v) is 21.0. The van der Waals surface area contributed by atoms with Gasteiger partial charge >= 0.3 is 0 Å². The first kappa shape index (κ1) is 25.4. The van der Waals surface area contributed by atoms with Gasteiger partial charge in [0.1, 0.15) is 6.54 Å². The minimum Gasteiger partial charge on any atom is -0.493 e. The van der Waals surface area contributed by atoms with Crippen LogP contribution in [0.15, 0.2) is 58.5 Å². The molecule has 0 aliphatic carbocycles. The first-order chi connectivity index (χ1) is 16.4. The van der Waals surface area contributed by atoms with Crippen molar-refractivity contribution in [2.75, 3.05) is 33.9 Å². The second-order valence-corrected chi connectivity index (χ2v) is 9.42. The van der Waals surface area contributed by atoms with Gasteiger partial charge in [0.15, 0.2) is 17.3 Å². The predicted molar refractivity (Wildman–Crippen MR) is 132 cm³/mol. The van der Waals surface area contributed by atoms with Crippen molar-refractivity contribution in [1.82, 2.24) is 9.80 Å². The molecule has 3 aromatic rings. The van der Waals surface area contributed by atoms with E-state index < -0.39 is 0 Å². The van der Waals surface area contributed by atoms with Gasteiger partial charge in [-0.3, -0.25) is 9.59 Å². The number of furan rings is 1. The largest absolute Gasteiger partial charge is 0.493 e. The maximum absolute atomic E-state index is 13.4. The fourth-order valence-electron chi connectivity index (χ4n) is 3.66. The van der Waals surface area contributed by atoms with Gasteiger partial charge in [0, 0.05) is 18.0 Å². The summed E-state index contributed by atoms with van der Waals surface area (Å²) in [7, 11) is 3.21. The van der Waals surface area contributed by atoms with Crippen LogP contribution in [0.2, 0.25) is 0 Å². The summed E-state index contributed by atoms with van der Waals surface area (Å²) in [5.74, 6) is 1.40. The van der Waals surface area contributed by atoms with Crippen molar-refractivity contribution in [3.05, 3.63) is 70.3 Å². The minimum absolute atomic E-state index is 0.00494. The summed E-state index contributed by atoms with van der Waals surface area (Å²) in [6.45, 7) is 5.51. The summed E-state index contributed by atoms with van der Waals surface area (Å²) in [5.41, 5.74) is 1.03. The molecule has 0 N–H and O–H groups in total. The second-order valence-electron chi connectivity index (χ2n) is 8.39. The van der Waals surface area contributed by atoms with Crippen molar-refractivity contribution in [3.63, 3.8) is 0 Å². The topological polar surface area (TPSA) is 72.2 Å². The highest BCUT2D eigenvalue weighted by molar-refractivity contribution is 7.09.